The third kappa shape index (κ3) is 4.52. The van der Waals surface area contributed by atoms with Gasteiger partial charge in [0.2, 0.25) is 0 Å². The third-order valence-corrected chi connectivity index (χ3v) is 6.89. The molecule has 8 heteroatoms. The molecule has 32 heavy (non-hydrogen) atoms. The Morgan fingerprint density at radius 2 is 1.84 bits per heavy atom. The Kier molecular flexibility index (Phi) is 5.89. The van der Waals surface area contributed by atoms with Crippen molar-refractivity contribution < 1.29 is 0 Å². The van der Waals surface area contributed by atoms with Crippen LogP contribution in [0.25, 0.3) is 5.65 Å². The van der Waals surface area contributed by atoms with Crippen LogP contribution in [0.4, 0.5) is 22.9 Å². The van der Waals surface area contributed by atoms with Crippen molar-refractivity contribution in [3.05, 3.63) is 42.7 Å². The summed E-state index contributed by atoms with van der Waals surface area (Å²) < 4.78 is 1.83. The van der Waals surface area contributed by atoms with E-state index in [4.69, 9.17) is 10.8 Å². The van der Waals surface area contributed by atoms with Gasteiger partial charge in [-0.1, -0.05) is 0 Å². The first-order chi connectivity index (χ1) is 15.5. The Labute approximate surface area is 189 Å². The highest BCUT2D eigenvalue weighted by Gasteiger charge is 2.24. The minimum atomic E-state index is 0.340. The molecule has 8 nitrogen and oxygen atoms in total. The van der Waals surface area contributed by atoms with Crippen molar-refractivity contribution in [1.29, 1.82) is 0 Å². The summed E-state index contributed by atoms with van der Waals surface area (Å²) in [5.74, 6) is 0.863. The zero-order valence-corrected chi connectivity index (χ0v) is 19.0. The van der Waals surface area contributed by atoms with Crippen LogP contribution >= 0.6 is 0 Å². The topological polar surface area (TPSA) is 86.8 Å². The molecule has 170 valence electrons. The molecule has 1 aliphatic heterocycles. The Balaban J connectivity index is 1.31. The van der Waals surface area contributed by atoms with E-state index in [9.17, 15) is 0 Å². The average molecular weight is 435 g/mol. The number of likely N-dealkylation sites (N-methyl/N-ethyl adjacent to an activating group) is 1. The largest absolute Gasteiger partial charge is 0.370 e. The molecular formula is C24H34N8. The third-order valence-electron chi connectivity index (χ3n) is 6.89. The maximum Gasteiger partial charge on any atom is 0.177 e. The second-order valence-corrected chi connectivity index (χ2v) is 9.42. The Morgan fingerprint density at radius 1 is 1.06 bits per heavy atom. The normalized spacial score (nSPS) is 23.8. The molecule has 1 saturated carbocycles. The van der Waals surface area contributed by atoms with Crippen molar-refractivity contribution in [3.8, 4) is 0 Å². The highest BCUT2D eigenvalue weighted by atomic mass is 15.3. The van der Waals surface area contributed by atoms with Gasteiger partial charge in [0.15, 0.2) is 5.65 Å². The number of aromatic nitrogens is 3. The fraction of sp³-hybridized carbons (Fsp3) is 0.500. The van der Waals surface area contributed by atoms with Crippen LogP contribution in [0.15, 0.2) is 42.7 Å². The van der Waals surface area contributed by atoms with Gasteiger partial charge in [0.1, 0.15) is 5.82 Å². The molecule has 2 aliphatic rings. The minimum absolute atomic E-state index is 0.340. The quantitative estimate of drug-likeness (QED) is 0.549. The number of hydrogen-bond donors (Lipinski definition) is 3. The first-order valence-corrected chi connectivity index (χ1v) is 11.7. The van der Waals surface area contributed by atoms with Crippen LogP contribution in [-0.2, 0) is 0 Å². The van der Waals surface area contributed by atoms with E-state index in [1.54, 1.807) is 6.20 Å². The minimum Gasteiger partial charge on any atom is -0.370 e. The zero-order valence-electron chi connectivity index (χ0n) is 19.0. The van der Waals surface area contributed by atoms with Gasteiger partial charge in [0.05, 0.1) is 5.69 Å². The number of rotatable bonds is 6. The summed E-state index contributed by atoms with van der Waals surface area (Å²) in [5, 5.41) is 11.9. The van der Waals surface area contributed by atoms with Gasteiger partial charge in [-0.05, 0) is 70.5 Å². The molecule has 2 fully saturated rings. The number of hydrogen-bond acceptors (Lipinski definition) is 7. The predicted molar refractivity (Wildman–Crippen MR) is 131 cm³/mol. The summed E-state index contributed by atoms with van der Waals surface area (Å²) in [6, 6.07) is 12.1. The van der Waals surface area contributed by atoms with E-state index in [2.05, 4.69) is 69.8 Å². The number of nitrogens with two attached hydrogens (primary N) is 1. The number of benzene rings is 1. The molecule has 0 bridgehead atoms. The number of nitrogens with zero attached hydrogens (tertiary/aromatic N) is 5. The lowest BCUT2D eigenvalue weighted by Gasteiger charge is -2.27. The highest BCUT2D eigenvalue weighted by Crippen LogP contribution is 2.28. The molecule has 3 heterocycles. The fourth-order valence-electron chi connectivity index (χ4n) is 4.86. The molecule has 0 radical (unpaired) electrons. The summed E-state index contributed by atoms with van der Waals surface area (Å²) in [6.45, 7) is 2.19. The van der Waals surface area contributed by atoms with E-state index >= 15 is 0 Å². The van der Waals surface area contributed by atoms with E-state index < -0.39 is 0 Å². The maximum absolute atomic E-state index is 6.06. The summed E-state index contributed by atoms with van der Waals surface area (Å²) in [6.07, 6.45) is 9.18. The van der Waals surface area contributed by atoms with Crippen molar-refractivity contribution in [2.24, 2.45) is 5.73 Å². The van der Waals surface area contributed by atoms with Crippen LogP contribution in [0.1, 0.15) is 32.1 Å². The monoisotopic (exact) mass is 434 g/mol. The first-order valence-electron chi connectivity index (χ1n) is 11.7. The van der Waals surface area contributed by atoms with Crippen molar-refractivity contribution in [2.45, 2.75) is 50.2 Å². The van der Waals surface area contributed by atoms with Crippen LogP contribution in [0, 0.1) is 0 Å². The molecule has 1 unspecified atom stereocenters. The second kappa shape index (κ2) is 8.96. The molecule has 4 N–H and O–H groups in total. The fourth-order valence-corrected chi connectivity index (χ4v) is 4.86. The van der Waals surface area contributed by atoms with E-state index in [1.807, 2.05) is 10.7 Å². The molecule has 2 aromatic heterocycles. The summed E-state index contributed by atoms with van der Waals surface area (Å²) in [4.78, 5) is 9.28. The van der Waals surface area contributed by atoms with Crippen molar-refractivity contribution in [3.63, 3.8) is 0 Å². The van der Waals surface area contributed by atoms with Gasteiger partial charge in [0.25, 0.3) is 0 Å². The molecule has 5 rings (SSSR count). The zero-order chi connectivity index (χ0) is 22.1. The molecular weight excluding hydrogens is 400 g/mol. The molecule has 3 aromatic rings. The van der Waals surface area contributed by atoms with Crippen LogP contribution in [0.2, 0.25) is 0 Å². The van der Waals surface area contributed by atoms with Gasteiger partial charge in [-0.25, -0.2) is 9.50 Å². The van der Waals surface area contributed by atoms with Crippen molar-refractivity contribution in [1.82, 2.24) is 19.5 Å². The van der Waals surface area contributed by atoms with E-state index in [0.717, 1.165) is 61.6 Å². The Hall–Kier alpha value is -2.84. The van der Waals surface area contributed by atoms with Crippen molar-refractivity contribution in [2.75, 3.05) is 42.7 Å². The SMILES string of the molecule is CN(C)C1CCN(c2ccc(Nc3cc(NC4CCC(N)CC4)nn4ccnc34)cc2)C1. The van der Waals surface area contributed by atoms with Gasteiger partial charge in [-0.3, -0.25) is 0 Å². The molecule has 1 atom stereocenters. The van der Waals surface area contributed by atoms with Gasteiger partial charge in [-0.15, -0.1) is 5.10 Å². The average Bonchev–Trinajstić information content (AvgIpc) is 3.46. The number of nitrogens with one attached hydrogen (secondary N) is 2. The molecule has 1 aromatic carbocycles. The standard InChI is InChI=1S/C24H34N8/c1-30(2)21-11-13-31(16-21)20-9-7-18(8-10-20)27-22-15-23(29-32-14-12-26-24(22)32)28-19-5-3-17(25)4-6-19/h7-10,12,14-15,17,19,21,27H,3-6,11,13,16,25H2,1-2H3,(H,28,29). The summed E-state index contributed by atoms with van der Waals surface area (Å²) in [5.41, 5.74) is 10.1. The van der Waals surface area contributed by atoms with Crippen LogP contribution in [-0.4, -0.2) is 64.8 Å². The highest BCUT2D eigenvalue weighted by molar-refractivity contribution is 5.76. The molecule has 0 amide bonds. The lowest BCUT2D eigenvalue weighted by atomic mass is 9.92. The second-order valence-electron chi connectivity index (χ2n) is 9.42. The van der Waals surface area contributed by atoms with E-state index in [-0.39, 0.29) is 0 Å². The van der Waals surface area contributed by atoms with E-state index in [1.165, 1.54) is 12.1 Å². The van der Waals surface area contributed by atoms with Crippen LogP contribution < -0.4 is 21.3 Å². The Morgan fingerprint density at radius 3 is 2.56 bits per heavy atom. The molecule has 1 saturated heterocycles. The molecule has 0 spiro atoms. The lowest BCUT2D eigenvalue weighted by molar-refractivity contribution is 0.315. The maximum atomic E-state index is 6.06. The summed E-state index contributed by atoms with van der Waals surface area (Å²) in [7, 11) is 4.33. The number of imidazole rings is 1. The van der Waals surface area contributed by atoms with Gasteiger partial charge in [0, 0.05) is 61.0 Å². The Bertz CT molecular complexity index is 1040. The van der Waals surface area contributed by atoms with Crippen LogP contribution in [0.5, 0.6) is 0 Å². The number of anilines is 4. The van der Waals surface area contributed by atoms with Crippen molar-refractivity contribution >= 4 is 28.5 Å². The lowest BCUT2D eigenvalue weighted by Crippen LogP contribution is -2.33. The first kappa shape index (κ1) is 21.0. The predicted octanol–water partition coefficient (Wildman–Crippen LogP) is 3.30. The van der Waals surface area contributed by atoms with Gasteiger partial charge >= 0.3 is 0 Å². The number of fused-ring (bicyclic) bond motifs is 1. The van der Waals surface area contributed by atoms with Gasteiger partial charge in [-0.2, -0.15) is 0 Å². The van der Waals surface area contributed by atoms with E-state index in [0.29, 0.717) is 18.1 Å². The molecule has 1 aliphatic carbocycles. The van der Waals surface area contributed by atoms with Gasteiger partial charge < -0.3 is 26.2 Å². The summed E-state index contributed by atoms with van der Waals surface area (Å²) >= 11 is 0. The smallest absolute Gasteiger partial charge is 0.177 e. The van der Waals surface area contributed by atoms with Crippen LogP contribution in [0.3, 0.4) is 0 Å².